The summed E-state index contributed by atoms with van der Waals surface area (Å²) < 4.78 is 3.58. The third kappa shape index (κ3) is 4.92. The van der Waals surface area contributed by atoms with Gasteiger partial charge in [0.15, 0.2) is 0 Å². The molecule has 4 heteroatoms. The van der Waals surface area contributed by atoms with Crippen LogP contribution in [0, 0.1) is 0 Å². The number of nitrogens with zero attached hydrogens (tertiary/aromatic N) is 2. The maximum Gasteiger partial charge on any atom is 0.0801 e. The number of aryl methyl sites for hydroxylation is 2. The zero-order valence-electron chi connectivity index (χ0n) is 19.7. The Morgan fingerprint density at radius 1 is 0.882 bits per heavy atom. The molecule has 3 aromatic rings. The Morgan fingerprint density at radius 2 is 1.71 bits per heavy atom. The number of aliphatic imine (C=N–C) groups is 2. The third-order valence-electron chi connectivity index (χ3n) is 6.54. The van der Waals surface area contributed by atoms with Gasteiger partial charge in [0.2, 0.25) is 0 Å². The first kappa shape index (κ1) is 22.4. The van der Waals surface area contributed by atoms with E-state index in [0.29, 0.717) is 0 Å². The maximum absolute atomic E-state index is 4.58. The molecule has 0 aromatic heterocycles. The molecule has 0 fully saturated rings. The Bertz CT molecular complexity index is 1320. The minimum atomic E-state index is 0.736. The second-order valence-corrected chi connectivity index (χ2v) is 9.58. The van der Waals surface area contributed by atoms with E-state index in [0.717, 1.165) is 37.2 Å². The van der Waals surface area contributed by atoms with Crippen molar-refractivity contribution in [3.63, 3.8) is 0 Å². The number of benzene rings is 3. The average molecular weight is 464 g/mol. The lowest BCUT2D eigenvalue weighted by Crippen LogP contribution is -2.07. The van der Waals surface area contributed by atoms with Crippen LogP contribution in [0.15, 0.2) is 111 Å². The minimum absolute atomic E-state index is 0.736. The van der Waals surface area contributed by atoms with Crippen LogP contribution >= 0.6 is 11.9 Å². The summed E-state index contributed by atoms with van der Waals surface area (Å²) in [6, 6.07) is 26.3. The van der Waals surface area contributed by atoms with E-state index in [1.165, 1.54) is 44.0 Å². The maximum atomic E-state index is 4.58. The van der Waals surface area contributed by atoms with E-state index in [9.17, 15) is 0 Å². The van der Waals surface area contributed by atoms with Gasteiger partial charge in [-0.1, -0.05) is 66.7 Å². The Labute approximate surface area is 206 Å². The molecule has 0 unspecified atom stereocenters. The van der Waals surface area contributed by atoms with Crippen molar-refractivity contribution in [3.05, 3.63) is 113 Å². The normalized spacial score (nSPS) is 15.0. The summed E-state index contributed by atoms with van der Waals surface area (Å²) in [5, 5.41) is 0. The predicted octanol–water partition coefficient (Wildman–Crippen LogP) is 7.19. The molecular formula is C30H29N3S. The van der Waals surface area contributed by atoms with Gasteiger partial charge >= 0.3 is 0 Å². The van der Waals surface area contributed by atoms with Crippen LogP contribution in [-0.4, -0.2) is 18.0 Å². The van der Waals surface area contributed by atoms with Gasteiger partial charge in [-0.05, 0) is 84.2 Å². The lowest BCUT2D eigenvalue weighted by molar-refractivity contribution is 0.961. The smallest absolute Gasteiger partial charge is 0.0801 e. The van der Waals surface area contributed by atoms with E-state index in [4.69, 9.17) is 0 Å². The van der Waals surface area contributed by atoms with E-state index < -0.39 is 0 Å². The van der Waals surface area contributed by atoms with Gasteiger partial charge < -0.3 is 4.72 Å². The Balaban J connectivity index is 1.46. The predicted molar refractivity (Wildman–Crippen MR) is 146 cm³/mol. The molecule has 0 amide bonds. The number of hydrogen-bond acceptors (Lipinski definition) is 4. The van der Waals surface area contributed by atoms with Gasteiger partial charge in [0.05, 0.1) is 12.3 Å². The highest BCUT2D eigenvalue weighted by Crippen LogP contribution is 2.34. The molecule has 0 atom stereocenters. The first-order valence-corrected chi connectivity index (χ1v) is 12.6. The lowest BCUT2D eigenvalue weighted by Gasteiger charge is -2.16. The Morgan fingerprint density at radius 3 is 2.47 bits per heavy atom. The average Bonchev–Trinajstić information content (AvgIpc) is 3.53. The standard InChI is InChI=1S/C30H29N3S/c1-21-22(2)32-20-29(21)33-34-30-13-7-6-11-27(30)26-17-16-25(28-12-8-18-31-28)19-24(26)15-14-23-9-4-3-5-10-23/h3-11,13,16-19,33H,12,14-15,20H2,1-2H3. The Kier molecular flexibility index (Phi) is 6.77. The molecule has 34 heavy (non-hydrogen) atoms. The molecule has 3 aromatic carbocycles. The van der Waals surface area contributed by atoms with Gasteiger partial charge in [0, 0.05) is 28.9 Å². The molecule has 3 nitrogen and oxygen atoms in total. The minimum Gasteiger partial charge on any atom is -0.327 e. The Hall–Kier alpha value is -3.37. The molecular weight excluding hydrogens is 434 g/mol. The summed E-state index contributed by atoms with van der Waals surface area (Å²) in [6.45, 7) is 4.95. The number of hydrogen-bond donors (Lipinski definition) is 1. The third-order valence-corrected chi connectivity index (χ3v) is 7.47. The van der Waals surface area contributed by atoms with Gasteiger partial charge in [-0.3, -0.25) is 9.98 Å². The zero-order chi connectivity index (χ0) is 23.3. The zero-order valence-corrected chi connectivity index (χ0v) is 20.5. The first-order chi connectivity index (χ1) is 16.7. The van der Waals surface area contributed by atoms with Crippen LogP contribution < -0.4 is 4.72 Å². The van der Waals surface area contributed by atoms with Crippen LogP contribution in [0.3, 0.4) is 0 Å². The molecule has 0 saturated heterocycles. The number of allylic oxidation sites excluding steroid dienone is 2. The summed E-state index contributed by atoms with van der Waals surface area (Å²) >= 11 is 1.68. The number of nitrogens with one attached hydrogen (secondary N) is 1. The number of rotatable bonds is 8. The van der Waals surface area contributed by atoms with E-state index in [-0.39, 0.29) is 0 Å². The topological polar surface area (TPSA) is 36.8 Å². The van der Waals surface area contributed by atoms with E-state index in [2.05, 4.69) is 107 Å². The highest BCUT2D eigenvalue weighted by Gasteiger charge is 2.16. The van der Waals surface area contributed by atoms with E-state index in [1.807, 2.05) is 6.20 Å². The van der Waals surface area contributed by atoms with Crippen molar-refractivity contribution in [1.29, 1.82) is 0 Å². The second-order valence-electron chi connectivity index (χ2n) is 8.73. The molecule has 2 aliphatic heterocycles. The fourth-order valence-electron chi connectivity index (χ4n) is 4.38. The molecule has 0 saturated carbocycles. The highest BCUT2D eigenvalue weighted by atomic mass is 32.2. The van der Waals surface area contributed by atoms with Gasteiger partial charge in [-0.15, -0.1) is 0 Å². The van der Waals surface area contributed by atoms with Gasteiger partial charge in [0.1, 0.15) is 0 Å². The van der Waals surface area contributed by atoms with Crippen molar-refractivity contribution < 1.29 is 0 Å². The SMILES string of the molecule is CC1=NCC(NSc2ccccc2-c2ccc(C3=NC=CC3)cc2CCc2ccccc2)=C1C. The van der Waals surface area contributed by atoms with Crippen LogP contribution in [0.1, 0.15) is 37.0 Å². The summed E-state index contributed by atoms with van der Waals surface area (Å²) in [4.78, 5) is 10.4. The van der Waals surface area contributed by atoms with Gasteiger partial charge in [-0.2, -0.15) is 0 Å². The molecule has 0 aliphatic carbocycles. The monoisotopic (exact) mass is 463 g/mol. The van der Waals surface area contributed by atoms with E-state index in [1.54, 1.807) is 11.9 Å². The summed E-state index contributed by atoms with van der Waals surface area (Å²) in [6.07, 6.45) is 6.94. The van der Waals surface area contributed by atoms with Crippen molar-refractivity contribution in [2.24, 2.45) is 9.98 Å². The fourth-order valence-corrected chi connectivity index (χ4v) is 5.26. The van der Waals surface area contributed by atoms with Crippen molar-refractivity contribution in [2.75, 3.05) is 6.54 Å². The molecule has 0 bridgehead atoms. The lowest BCUT2D eigenvalue weighted by atomic mass is 9.92. The highest BCUT2D eigenvalue weighted by molar-refractivity contribution is 7.97. The second kappa shape index (κ2) is 10.3. The molecule has 170 valence electrons. The fraction of sp³-hybridized carbons (Fsp3) is 0.200. The van der Waals surface area contributed by atoms with Crippen molar-refractivity contribution in [3.8, 4) is 11.1 Å². The first-order valence-electron chi connectivity index (χ1n) is 11.8. The molecule has 2 heterocycles. The van der Waals surface area contributed by atoms with Crippen LogP contribution in [0.5, 0.6) is 0 Å². The summed E-state index contributed by atoms with van der Waals surface area (Å²) in [5.74, 6) is 0. The van der Waals surface area contributed by atoms with Gasteiger partial charge in [-0.25, -0.2) is 0 Å². The van der Waals surface area contributed by atoms with Crippen LogP contribution in [0.4, 0.5) is 0 Å². The molecule has 0 radical (unpaired) electrons. The van der Waals surface area contributed by atoms with Crippen molar-refractivity contribution >= 4 is 23.4 Å². The quantitative estimate of drug-likeness (QED) is 0.359. The van der Waals surface area contributed by atoms with Crippen molar-refractivity contribution in [1.82, 2.24) is 4.72 Å². The van der Waals surface area contributed by atoms with Crippen LogP contribution in [0.25, 0.3) is 11.1 Å². The van der Waals surface area contributed by atoms with Crippen molar-refractivity contribution in [2.45, 2.75) is 38.0 Å². The molecule has 0 spiro atoms. The summed E-state index contributed by atoms with van der Waals surface area (Å²) in [7, 11) is 0. The van der Waals surface area contributed by atoms with Crippen LogP contribution in [0.2, 0.25) is 0 Å². The molecule has 5 rings (SSSR count). The molecule has 2 aliphatic rings. The summed E-state index contributed by atoms with van der Waals surface area (Å²) in [5.41, 5.74) is 11.2. The molecule has 1 N–H and O–H groups in total. The largest absolute Gasteiger partial charge is 0.327 e. The van der Waals surface area contributed by atoms with E-state index >= 15 is 0 Å². The van der Waals surface area contributed by atoms with Gasteiger partial charge in [0.25, 0.3) is 0 Å². The van der Waals surface area contributed by atoms with Crippen LogP contribution in [-0.2, 0) is 12.8 Å².